The zero-order chi connectivity index (χ0) is 17.4. The summed E-state index contributed by atoms with van der Waals surface area (Å²) in [5.41, 5.74) is 7.41. The number of imidazole rings is 1. The number of aromatic amines is 1. The minimum absolute atomic E-state index is 0.0690. The van der Waals surface area contributed by atoms with Crippen LogP contribution in [0.25, 0.3) is 11.0 Å². The summed E-state index contributed by atoms with van der Waals surface area (Å²) in [5, 5.41) is 0. The zero-order valence-electron chi connectivity index (χ0n) is 14.1. The summed E-state index contributed by atoms with van der Waals surface area (Å²) >= 11 is 0. The summed E-state index contributed by atoms with van der Waals surface area (Å²) in [7, 11) is 0. The summed E-state index contributed by atoms with van der Waals surface area (Å²) in [6.07, 6.45) is 2.13. The van der Waals surface area contributed by atoms with E-state index in [2.05, 4.69) is 14.9 Å². The third kappa shape index (κ3) is 3.24. The number of H-pyrrole nitrogens is 1. The molecule has 2 amide bonds. The molecule has 3 heterocycles. The second kappa shape index (κ2) is 6.48. The lowest BCUT2D eigenvalue weighted by Crippen LogP contribution is -2.45. The fourth-order valence-electron chi connectivity index (χ4n) is 3.96. The van der Waals surface area contributed by atoms with Crippen LogP contribution in [-0.4, -0.2) is 57.3 Å². The van der Waals surface area contributed by atoms with Crippen molar-refractivity contribution < 1.29 is 9.59 Å². The Balaban J connectivity index is 1.34. The van der Waals surface area contributed by atoms with Gasteiger partial charge in [0.15, 0.2) is 0 Å². The fraction of sp³-hybridized carbons (Fsp3) is 0.500. The standard InChI is InChI=1S/C18H23N5O2/c19-18(25)12-9-17(24)23(10-12)13-5-7-22(8-6-13)11-16-20-14-3-1-2-4-15(14)21-16/h1-4,12-13H,5-11H2,(H2,19,25)(H,20,21). The third-order valence-electron chi connectivity index (χ3n) is 5.37. The molecule has 2 aromatic rings. The number of nitrogens with two attached hydrogens (primary N) is 1. The van der Waals surface area contributed by atoms with Crippen LogP contribution >= 0.6 is 0 Å². The Morgan fingerprint density at radius 3 is 2.72 bits per heavy atom. The molecule has 132 valence electrons. The number of fused-ring (bicyclic) bond motifs is 1. The monoisotopic (exact) mass is 341 g/mol. The number of nitrogens with zero attached hydrogens (tertiary/aromatic N) is 3. The number of carbonyl (C=O) groups is 2. The summed E-state index contributed by atoms with van der Waals surface area (Å²) in [6.45, 7) is 3.13. The van der Waals surface area contributed by atoms with Crippen molar-refractivity contribution in [1.29, 1.82) is 0 Å². The molecule has 1 unspecified atom stereocenters. The van der Waals surface area contributed by atoms with E-state index in [0.717, 1.165) is 49.3 Å². The summed E-state index contributed by atoms with van der Waals surface area (Å²) in [4.78, 5) is 35.7. The first kappa shape index (κ1) is 16.1. The lowest BCUT2D eigenvalue weighted by atomic mass is 10.0. The first-order valence-corrected chi connectivity index (χ1v) is 8.85. The van der Waals surface area contributed by atoms with Crippen LogP contribution in [0.15, 0.2) is 24.3 Å². The first-order chi connectivity index (χ1) is 12.1. The Bertz CT molecular complexity index is 761. The summed E-state index contributed by atoms with van der Waals surface area (Å²) < 4.78 is 0. The lowest BCUT2D eigenvalue weighted by Gasteiger charge is -2.36. The van der Waals surface area contributed by atoms with Gasteiger partial charge in [-0.05, 0) is 25.0 Å². The molecule has 1 atom stereocenters. The summed E-state index contributed by atoms with van der Waals surface area (Å²) in [5.74, 6) is 0.365. The Hall–Kier alpha value is -2.41. The van der Waals surface area contributed by atoms with Crippen molar-refractivity contribution in [2.24, 2.45) is 11.7 Å². The number of carbonyl (C=O) groups excluding carboxylic acids is 2. The molecule has 2 saturated heterocycles. The Kier molecular flexibility index (Phi) is 4.17. The number of benzene rings is 1. The van der Waals surface area contributed by atoms with Crippen LogP contribution in [0.3, 0.4) is 0 Å². The average Bonchev–Trinajstić information content (AvgIpc) is 3.18. The van der Waals surface area contributed by atoms with Crippen molar-refractivity contribution in [2.75, 3.05) is 19.6 Å². The molecule has 1 aromatic heterocycles. The average molecular weight is 341 g/mol. The van der Waals surface area contributed by atoms with Crippen molar-refractivity contribution in [1.82, 2.24) is 19.8 Å². The van der Waals surface area contributed by atoms with E-state index in [4.69, 9.17) is 5.73 Å². The molecular weight excluding hydrogens is 318 g/mol. The zero-order valence-corrected chi connectivity index (χ0v) is 14.1. The molecule has 2 fully saturated rings. The molecule has 2 aliphatic rings. The SMILES string of the molecule is NC(=O)C1CC(=O)N(C2CCN(Cc3nc4ccccc4[nH]3)CC2)C1. The van der Waals surface area contributed by atoms with Crippen LogP contribution in [0.5, 0.6) is 0 Å². The van der Waals surface area contributed by atoms with Gasteiger partial charge in [0.25, 0.3) is 0 Å². The molecule has 2 aliphatic heterocycles. The number of likely N-dealkylation sites (tertiary alicyclic amines) is 2. The van der Waals surface area contributed by atoms with Gasteiger partial charge in [0.1, 0.15) is 5.82 Å². The number of amides is 2. The molecule has 0 spiro atoms. The van der Waals surface area contributed by atoms with E-state index in [9.17, 15) is 9.59 Å². The van der Waals surface area contributed by atoms with Crippen molar-refractivity contribution in [3.63, 3.8) is 0 Å². The van der Waals surface area contributed by atoms with Crippen LogP contribution in [0.1, 0.15) is 25.1 Å². The van der Waals surface area contributed by atoms with Crippen molar-refractivity contribution >= 4 is 22.8 Å². The molecule has 0 aliphatic carbocycles. The highest BCUT2D eigenvalue weighted by atomic mass is 16.2. The van der Waals surface area contributed by atoms with Gasteiger partial charge in [-0.15, -0.1) is 0 Å². The number of aromatic nitrogens is 2. The Morgan fingerprint density at radius 2 is 2.04 bits per heavy atom. The number of hydrogen-bond donors (Lipinski definition) is 2. The molecule has 1 aromatic carbocycles. The van der Waals surface area contributed by atoms with Crippen LogP contribution in [-0.2, 0) is 16.1 Å². The van der Waals surface area contributed by atoms with Gasteiger partial charge in [-0.2, -0.15) is 0 Å². The van der Waals surface area contributed by atoms with E-state index in [1.54, 1.807) is 0 Å². The molecule has 25 heavy (non-hydrogen) atoms. The van der Waals surface area contributed by atoms with Gasteiger partial charge in [-0.25, -0.2) is 4.98 Å². The van der Waals surface area contributed by atoms with Crippen LogP contribution < -0.4 is 5.73 Å². The maximum Gasteiger partial charge on any atom is 0.223 e. The summed E-state index contributed by atoms with van der Waals surface area (Å²) in [6, 6.07) is 8.26. The normalized spacial score (nSPS) is 22.8. The molecule has 0 saturated carbocycles. The van der Waals surface area contributed by atoms with Crippen LogP contribution in [0, 0.1) is 5.92 Å². The van der Waals surface area contributed by atoms with Crippen molar-refractivity contribution in [2.45, 2.75) is 31.8 Å². The van der Waals surface area contributed by atoms with Gasteiger partial charge in [-0.1, -0.05) is 12.1 Å². The number of piperidine rings is 1. The molecule has 7 heteroatoms. The number of para-hydroxylation sites is 2. The molecular formula is C18H23N5O2. The first-order valence-electron chi connectivity index (χ1n) is 8.85. The third-order valence-corrected chi connectivity index (χ3v) is 5.37. The van der Waals surface area contributed by atoms with Gasteiger partial charge in [-0.3, -0.25) is 14.5 Å². The van der Waals surface area contributed by atoms with E-state index in [1.807, 2.05) is 29.2 Å². The molecule has 0 bridgehead atoms. The van der Waals surface area contributed by atoms with E-state index in [1.165, 1.54) is 0 Å². The quantitative estimate of drug-likeness (QED) is 0.862. The minimum atomic E-state index is -0.363. The molecule has 4 rings (SSSR count). The van der Waals surface area contributed by atoms with Gasteiger partial charge < -0.3 is 15.6 Å². The van der Waals surface area contributed by atoms with E-state index in [-0.39, 0.29) is 30.2 Å². The number of nitrogens with one attached hydrogen (secondary N) is 1. The highest BCUT2D eigenvalue weighted by Gasteiger charge is 2.38. The smallest absolute Gasteiger partial charge is 0.223 e. The minimum Gasteiger partial charge on any atom is -0.369 e. The topological polar surface area (TPSA) is 95.3 Å². The second-order valence-electron chi connectivity index (χ2n) is 7.06. The predicted octanol–water partition coefficient (Wildman–Crippen LogP) is 0.861. The predicted molar refractivity (Wildman–Crippen MR) is 93.4 cm³/mol. The van der Waals surface area contributed by atoms with Gasteiger partial charge >= 0.3 is 0 Å². The highest BCUT2D eigenvalue weighted by molar-refractivity contribution is 5.88. The van der Waals surface area contributed by atoms with Gasteiger partial charge in [0, 0.05) is 32.1 Å². The van der Waals surface area contributed by atoms with Crippen molar-refractivity contribution in [3.8, 4) is 0 Å². The lowest BCUT2D eigenvalue weighted by molar-refractivity contribution is -0.130. The maximum absolute atomic E-state index is 12.1. The highest BCUT2D eigenvalue weighted by Crippen LogP contribution is 2.26. The largest absolute Gasteiger partial charge is 0.369 e. The second-order valence-corrected chi connectivity index (χ2v) is 7.06. The van der Waals surface area contributed by atoms with Gasteiger partial charge in [0.2, 0.25) is 11.8 Å². The molecule has 3 N–H and O–H groups in total. The van der Waals surface area contributed by atoms with Crippen LogP contribution in [0.2, 0.25) is 0 Å². The molecule has 7 nitrogen and oxygen atoms in total. The van der Waals surface area contributed by atoms with E-state index >= 15 is 0 Å². The van der Waals surface area contributed by atoms with E-state index in [0.29, 0.717) is 6.54 Å². The molecule has 0 radical (unpaired) electrons. The van der Waals surface area contributed by atoms with Crippen LogP contribution in [0.4, 0.5) is 0 Å². The van der Waals surface area contributed by atoms with Crippen molar-refractivity contribution in [3.05, 3.63) is 30.1 Å². The van der Waals surface area contributed by atoms with Gasteiger partial charge in [0.05, 0.1) is 23.5 Å². The Morgan fingerprint density at radius 1 is 1.28 bits per heavy atom. The number of rotatable bonds is 4. The number of hydrogen-bond acceptors (Lipinski definition) is 4. The number of primary amides is 1. The maximum atomic E-state index is 12.1. The Labute approximate surface area is 146 Å². The van der Waals surface area contributed by atoms with E-state index < -0.39 is 0 Å². The fourth-order valence-corrected chi connectivity index (χ4v) is 3.96.